The number of fused-ring (bicyclic) bond motifs is 1. The predicted octanol–water partition coefficient (Wildman–Crippen LogP) is 4.20. The van der Waals surface area contributed by atoms with Crippen molar-refractivity contribution < 1.29 is 9.13 Å². The Kier molecular flexibility index (Phi) is 3.49. The van der Waals surface area contributed by atoms with Crippen LogP contribution in [0, 0.1) is 16.5 Å². The minimum absolute atomic E-state index is 0.237. The van der Waals surface area contributed by atoms with E-state index in [1.807, 2.05) is 0 Å². The molecule has 1 saturated heterocycles. The van der Waals surface area contributed by atoms with E-state index >= 15 is 0 Å². The lowest BCUT2D eigenvalue weighted by atomic mass is 10.0. The standard InChI is InChI=1S/C13H14BrFN2OS/c1-7(8-2-3-18-6-8)17-12-4-9(14)10(15)5-11(12)16-13(17)19/h4-5,7-8H,2-3,6H2,1H3,(H,16,19). The minimum atomic E-state index is -0.284. The quantitative estimate of drug-likeness (QED) is 0.827. The number of nitrogens with zero attached hydrogens (tertiary/aromatic N) is 1. The first-order valence-corrected chi connectivity index (χ1v) is 7.45. The molecule has 0 saturated carbocycles. The molecule has 3 nitrogen and oxygen atoms in total. The second-order valence-corrected chi connectivity index (χ2v) is 6.19. The summed E-state index contributed by atoms with van der Waals surface area (Å²) in [5, 5.41) is 0. The maximum atomic E-state index is 13.6. The molecule has 102 valence electrons. The summed E-state index contributed by atoms with van der Waals surface area (Å²) < 4.78 is 22.2. The summed E-state index contributed by atoms with van der Waals surface area (Å²) in [5.74, 6) is 0.169. The van der Waals surface area contributed by atoms with Gasteiger partial charge in [-0.05, 0) is 47.6 Å². The molecule has 6 heteroatoms. The Morgan fingerprint density at radius 3 is 3.05 bits per heavy atom. The zero-order chi connectivity index (χ0) is 13.6. The minimum Gasteiger partial charge on any atom is -0.381 e. The number of ether oxygens (including phenoxy) is 1. The molecule has 2 unspecified atom stereocenters. The number of hydrogen-bond acceptors (Lipinski definition) is 2. The van der Waals surface area contributed by atoms with Gasteiger partial charge in [0.2, 0.25) is 0 Å². The van der Waals surface area contributed by atoms with E-state index in [2.05, 4.69) is 32.4 Å². The van der Waals surface area contributed by atoms with E-state index in [0.29, 0.717) is 15.2 Å². The molecule has 3 rings (SSSR count). The summed E-state index contributed by atoms with van der Waals surface area (Å²) >= 11 is 8.61. The van der Waals surface area contributed by atoms with Crippen LogP contribution in [-0.4, -0.2) is 22.8 Å². The zero-order valence-electron chi connectivity index (χ0n) is 10.5. The molecule has 0 bridgehead atoms. The third-order valence-electron chi connectivity index (χ3n) is 3.81. The number of benzene rings is 1. The van der Waals surface area contributed by atoms with Crippen molar-refractivity contribution in [3.63, 3.8) is 0 Å². The van der Waals surface area contributed by atoms with Crippen molar-refractivity contribution >= 4 is 39.2 Å². The predicted molar refractivity (Wildman–Crippen MR) is 78.4 cm³/mol. The van der Waals surface area contributed by atoms with Crippen LogP contribution in [0.25, 0.3) is 11.0 Å². The Labute approximate surface area is 123 Å². The van der Waals surface area contributed by atoms with Gasteiger partial charge < -0.3 is 14.3 Å². The monoisotopic (exact) mass is 344 g/mol. The van der Waals surface area contributed by atoms with Crippen LogP contribution in [0.3, 0.4) is 0 Å². The van der Waals surface area contributed by atoms with Gasteiger partial charge in [0, 0.05) is 24.6 Å². The van der Waals surface area contributed by atoms with Crippen molar-refractivity contribution in [3.05, 3.63) is 27.2 Å². The lowest BCUT2D eigenvalue weighted by Gasteiger charge is -2.20. The van der Waals surface area contributed by atoms with Gasteiger partial charge in [-0.1, -0.05) is 0 Å². The van der Waals surface area contributed by atoms with Crippen LogP contribution in [0.2, 0.25) is 0 Å². The van der Waals surface area contributed by atoms with Gasteiger partial charge in [-0.25, -0.2) is 4.39 Å². The molecule has 1 N–H and O–H groups in total. The maximum Gasteiger partial charge on any atom is 0.178 e. The van der Waals surface area contributed by atoms with Gasteiger partial charge in [0.25, 0.3) is 0 Å². The summed E-state index contributed by atoms with van der Waals surface area (Å²) in [5.41, 5.74) is 1.66. The van der Waals surface area contributed by atoms with Crippen LogP contribution in [0.1, 0.15) is 19.4 Å². The van der Waals surface area contributed by atoms with E-state index in [-0.39, 0.29) is 11.9 Å². The van der Waals surface area contributed by atoms with Crippen LogP contribution < -0.4 is 0 Å². The third kappa shape index (κ3) is 2.26. The van der Waals surface area contributed by atoms with Crippen molar-refractivity contribution in [1.82, 2.24) is 9.55 Å². The number of nitrogens with one attached hydrogen (secondary N) is 1. The number of H-pyrrole nitrogens is 1. The summed E-state index contributed by atoms with van der Waals surface area (Å²) in [7, 11) is 0. The fourth-order valence-corrected chi connectivity index (χ4v) is 3.37. The van der Waals surface area contributed by atoms with Gasteiger partial charge in [0.15, 0.2) is 4.77 Å². The first kappa shape index (κ1) is 13.3. The molecular weight excluding hydrogens is 331 g/mol. The van der Waals surface area contributed by atoms with Gasteiger partial charge in [0.1, 0.15) is 5.82 Å². The van der Waals surface area contributed by atoms with Crippen molar-refractivity contribution in [3.8, 4) is 0 Å². The van der Waals surface area contributed by atoms with Gasteiger partial charge in [-0.2, -0.15) is 0 Å². The maximum absolute atomic E-state index is 13.6. The summed E-state index contributed by atoms with van der Waals surface area (Å²) in [6, 6.07) is 3.49. The molecule has 19 heavy (non-hydrogen) atoms. The van der Waals surface area contributed by atoms with Crippen molar-refractivity contribution in [2.24, 2.45) is 5.92 Å². The topological polar surface area (TPSA) is 29.9 Å². The lowest BCUT2D eigenvalue weighted by Crippen LogP contribution is -2.16. The second-order valence-electron chi connectivity index (χ2n) is 4.95. The van der Waals surface area contributed by atoms with Crippen molar-refractivity contribution in [1.29, 1.82) is 0 Å². The first-order chi connectivity index (χ1) is 9.08. The van der Waals surface area contributed by atoms with Gasteiger partial charge in [-0.15, -0.1) is 0 Å². The third-order valence-corrected chi connectivity index (χ3v) is 4.72. The smallest absolute Gasteiger partial charge is 0.178 e. The van der Waals surface area contributed by atoms with E-state index in [1.54, 1.807) is 6.07 Å². The first-order valence-electron chi connectivity index (χ1n) is 6.25. The Hall–Kier alpha value is -0.720. The largest absolute Gasteiger partial charge is 0.381 e. The summed E-state index contributed by atoms with van der Waals surface area (Å²) in [6.45, 7) is 3.71. The molecular formula is C13H14BrFN2OS. The normalized spacial score (nSPS) is 21.1. The Bertz CT molecular complexity index is 675. The van der Waals surface area contributed by atoms with Crippen LogP contribution in [0.5, 0.6) is 0 Å². The highest BCUT2D eigenvalue weighted by Crippen LogP contribution is 2.31. The SMILES string of the molecule is CC(C1CCOC1)n1c(=S)[nH]c2cc(F)c(Br)cc21. The average Bonchev–Trinajstić information content (AvgIpc) is 2.97. The molecule has 1 aliphatic rings. The molecule has 0 spiro atoms. The lowest BCUT2D eigenvalue weighted by molar-refractivity contribution is 0.175. The molecule has 1 aromatic heterocycles. The van der Waals surface area contributed by atoms with E-state index in [1.165, 1.54) is 6.07 Å². The molecule has 0 amide bonds. The van der Waals surface area contributed by atoms with Crippen LogP contribution in [-0.2, 0) is 4.74 Å². The fourth-order valence-electron chi connectivity index (χ4n) is 2.67. The van der Waals surface area contributed by atoms with E-state index in [0.717, 1.165) is 30.7 Å². The summed E-state index contributed by atoms with van der Waals surface area (Å²) in [4.78, 5) is 3.08. The highest BCUT2D eigenvalue weighted by atomic mass is 79.9. The van der Waals surface area contributed by atoms with E-state index in [9.17, 15) is 4.39 Å². The van der Waals surface area contributed by atoms with E-state index in [4.69, 9.17) is 17.0 Å². The molecule has 2 atom stereocenters. The molecule has 2 aromatic rings. The number of halogens is 2. The van der Waals surface area contributed by atoms with Crippen molar-refractivity contribution in [2.45, 2.75) is 19.4 Å². The fraction of sp³-hybridized carbons (Fsp3) is 0.462. The molecule has 1 fully saturated rings. The summed E-state index contributed by atoms with van der Waals surface area (Å²) in [6.07, 6.45) is 1.04. The molecule has 0 aliphatic carbocycles. The second kappa shape index (κ2) is 5.00. The number of hydrogen-bond donors (Lipinski definition) is 1. The number of aromatic nitrogens is 2. The van der Waals surface area contributed by atoms with E-state index < -0.39 is 0 Å². The Balaban J connectivity index is 2.14. The van der Waals surface area contributed by atoms with Crippen LogP contribution >= 0.6 is 28.1 Å². The van der Waals surface area contributed by atoms with Gasteiger partial charge in [-0.3, -0.25) is 0 Å². The highest BCUT2D eigenvalue weighted by molar-refractivity contribution is 9.10. The molecule has 1 aromatic carbocycles. The number of imidazole rings is 1. The van der Waals surface area contributed by atoms with Crippen molar-refractivity contribution in [2.75, 3.05) is 13.2 Å². The van der Waals surface area contributed by atoms with Crippen LogP contribution in [0.15, 0.2) is 16.6 Å². The Morgan fingerprint density at radius 2 is 2.37 bits per heavy atom. The van der Waals surface area contributed by atoms with Crippen LogP contribution in [0.4, 0.5) is 4.39 Å². The number of rotatable bonds is 2. The molecule has 2 heterocycles. The molecule has 0 radical (unpaired) electrons. The van der Waals surface area contributed by atoms with Gasteiger partial charge >= 0.3 is 0 Å². The molecule has 1 aliphatic heterocycles. The highest BCUT2D eigenvalue weighted by Gasteiger charge is 2.25. The van der Waals surface area contributed by atoms with Gasteiger partial charge in [0.05, 0.1) is 22.1 Å². The number of aromatic amines is 1. The average molecular weight is 345 g/mol. The zero-order valence-corrected chi connectivity index (χ0v) is 12.9. The Morgan fingerprint density at radius 1 is 1.58 bits per heavy atom.